The van der Waals surface area contributed by atoms with Crippen LogP contribution in [-0.4, -0.2) is 8.07 Å². The van der Waals surface area contributed by atoms with E-state index in [1.54, 1.807) is 0 Å². The van der Waals surface area contributed by atoms with Gasteiger partial charge < -0.3 is 0 Å². The minimum atomic E-state index is -1.86. The molecule has 1 aromatic carbocycles. The molecule has 1 fully saturated rings. The monoisotopic (exact) mass is 390 g/mol. The fourth-order valence-electron chi connectivity index (χ4n) is 5.26. The van der Waals surface area contributed by atoms with Crippen LogP contribution >= 0.6 is 0 Å². The smallest absolute Gasteiger partial charge is 0.166 e. The number of allylic oxidation sites excluding steroid dienone is 2. The first-order valence-corrected chi connectivity index (χ1v) is 14.5. The predicted molar refractivity (Wildman–Crippen MR) is 115 cm³/mol. The number of benzene rings is 1. The Hall–Kier alpha value is -0.963. The number of halogens is 2. The molecule has 0 heterocycles. The van der Waals surface area contributed by atoms with Crippen molar-refractivity contribution >= 4 is 18.8 Å². The molecular formula is C24H36F2Si. The summed E-state index contributed by atoms with van der Waals surface area (Å²) in [5, 5.41) is 0.599. The van der Waals surface area contributed by atoms with Crippen molar-refractivity contribution < 1.29 is 8.78 Å². The summed E-state index contributed by atoms with van der Waals surface area (Å²) in [6.45, 7) is 8.47. The lowest BCUT2D eigenvalue weighted by molar-refractivity contribution is 0.189. The van der Waals surface area contributed by atoms with E-state index >= 15 is 0 Å². The van der Waals surface area contributed by atoms with Crippen LogP contribution in [0.5, 0.6) is 0 Å². The van der Waals surface area contributed by atoms with Gasteiger partial charge in [-0.1, -0.05) is 70.5 Å². The van der Waals surface area contributed by atoms with Crippen LogP contribution in [0.25, 0.3) is 5.57 Å². The van der Waals surface area contributed by atoms with Gasteiger partial charge in [0, 0.05) is 5.56 Å². The first kappa shape index (κ1) is 20.8. The molecule has 0 nitrogen and oxygen atoms in total. The molecule has 150 valence electrons. The van der Waals surface area contributed by atoms with Gasteiger partial charge in [0.15, 0.2) is 11.6 Å². The first-order chi connectivity index (χ1) is 12.8. The van der Waals surface area contributed by atoms with Crippen LogP contribution in [0.15, 0.2) is 18.2 Å². The van der Waals surface area contributed by atoms with Gasteiger partial charge in [-0.05, 0) is 60.6 Å². The lowest BCUT2D eigenvalue weighted by atomic mass is 9.70. The zero-order valence-corrected chi connectivity index (χ0v) is 18.6. The van der Waals surface area contributed by atoms with Gasteiger partial charge in [-0.3, -0.25) is 0 Å². The van der Waals surface area contributed by atoms with Gasteiger partial charge >= 0.3 is 0 Å². The van der Waals surface area contributed by atoms with E-state index in [1.807, 2.05) is 12.1 Å². The third-order valence-electron chi connectivity index (χ3n) is 6.94. The molecule has 0 amide bonds. The minimum absolute atomic E-state index is 0.500. The summed E-state index contributed by atoms with van der Waals surface area (Å²) in [6, 6.07) is 3.66. The Bertz CT molecular complexity index is 678. The largest absolute Gasteiger partial charge is 0.204 e. The molecule has 1 unspecified atom stereocenters. The SMILES string of the molecule is CCC[C@H]1CC[C@H](C2CC=C(c3ccc([Si](C)(C)C)c(F)c3F)CC2)CC1. The molecular weight excluding hydrogens is 354 g/mol. The third-order valence-corrected chi connectivity index (χ3v) is 8.94. The van der Waals surface area contributed by atoms with Crippen LogP contribution < -0.4 is 5.19 Å². The van der Waals surface area contributed by atoms with Crippen LogP contribution in [0.4, 0.5) is 8.78 Å². The average molecular weight is 391 g/mol. The molecule has 0 saturated heterocycles. The molecule has 0 N–H and O–H groups in total. The van der Waals surface area contributed by atoms with Crippen LogP contribution in [-0.2, 0) is 0 Å². The van der Waals surface area contributed by atoms with Crippen molar-refractivity contribution in [2.45, 2.75) is 84.4 Å². The normalized spacial score (nSPS) is 26.7. The number of hydrogen-bond acceptors (Lipinski definition) is 0. The molecule has 3 heteroatoms. The van der Waals surface area contributed by atoms with Gasteiger partial charge in [0.05, 0.1) is 8.07 Å². The maximum Gasteiger partial charge on any atom is 0.166 e. The van der Waals surface area contributed by atoms with Crippen molar-refractivity contribution in [1.29, 1.82) is 0 Å². The fourth-order valence-corrected chi connectivity index (χ4v) is 6.61. The van der Waals surface area contributed by atoms with Crippen LogP contribution in [0.1, 0.15) is 70.3 Å². The van der Waals surface area contributed by atoms with E-state index in [0.717, 1.165) is 42.6 Å². The van der Waals surface area contributed by atoms with E-state index in [2.05, 4.69) is 32.6 Å². The highest BCUT2D eigenvalue weighted by Crippen LogP contribution is 2.42. The molecule has 0 radical (unpaired) electrons. The van der Waals surface area contributed by atoms with E-state index < -0.39 is 19.7 Å². The van der Waals surface area contributed by atoms with Gasteiger partial charge in [-0.2, -0.15) is 0 Å². The van der Waals surface area contributed by atoms with Gasteiger partial charge in [0.25, 0.3) is 0 Å². The summed E-state index contributed by atoms with van der Waals surface area (Å²) in [4.78, 5) is 0. The summed E-state index contributed by atoms with van der Waals surface area (Å²) in [5.74, 6) is 1.30. The summed E-state index contributed by atoms with van der Waals surface area (Å²) in [7, 11) is -1.86. The van der Waals surface area contributed by atoms with Crippen molar-refractivity contribution in [1.82, 2.24) is 0 Å². The van der Waals surface area contributed by atoms with Crippen LogP contribution in [0, 0.1) is 29.4 Å². The van der Waals surface area contributed by atoms with Crippen LogP contribution in [0.3, 0.4) is 0 Å². The summed E-state index contributed by atoms with van der Waals surface area (Å²) in [6.07, 6.45) is 13.5. The molecule has 0 spiro atoms. The Morgan fingerprint density at radius 2 is 1.63 bits per heavy atom. The van der Waals surface area contributed by atoms with Crippen molar-refractivity contribution in [3.63, 3.8) is 0 Å². The van der Waals surface area contributed by atoms with E-state index in [0.29, 0.717) is 10.8 Å². The van der Waals surface area contributed by atoms with E-state index in [-0.39, 0.29) is 0 Å². The van der Waals surface area contributed by atoms with Crippen molar-refractivity contribution in [3.8, 4) is 0 Å². The number of rotatable bonds is 5. The Balaban J connectivity index is 1.67. The summed E-state index contributed by atoms with van der Waals surface area (Å²) >= 11 is 0. The highest BCUT2D eigenvalue weighted by atomic mass is 28.3. The standard InChI is InChI=1S/C24H36F2Si/c1-5-6-17-7-9-18(10-8-17)19-11-13-20(14-12-19)21-15-16-22(27(2,3)4)24(26)23(21)25/h13,15-19H,5-12,14H2,1-4H3/t17-,18-,19?. The maximum absolute atomic E-state index is 14.8. The molecule has 1 aromatic rings. The average Bonchev–Trinajstić information content (AvgIpc) is 2.64. The zero-order valence-electron chi connectivity index (χ0n) is 17.6. The first-order valence-electron chi connectivity index (χ1n) is 11.0. The lowest BCUT2D eigenvalue weighted by Crippen LogP contribution is -2.40. The Morgan fingerprint density at radius 1 is 0.926 bits per heavy atom. The Labute approximate surface area is 165 Å². The highest BCUT2D eigenvalue weighted by Gasteiger charge is 2.30. The molecule has 3 rings (SSSR count). The van der Waals surface area contributed by atoms with E-state index in [1.165, 1.54) is 38.5 Å². The third kappa shape index (κ3) is 4.72. The molecule has 2 aliphatic carbocycles. The topological polar surface area (TPSA) is 0 Å². The fraction of sp³-hybridized carbons (Fsp3) is 0.667. The van der Waals surface area contributed by atoms with E-state index in [4.69, 9.17) is 0 Å². The molecule has 0 bridgehead atoms. The Kier molecular flexibility index (Phi) is 6.61. The predicted octanol–water partition coefficient (Wildman–Crippen LogP) is 7.30. The number of hydrogen-bond donors (Lipinski definition) is 0. The quantitative estimate of drug-likeness (QED) is 0.463. The van der Waals surface area contributed by atoms with Crippen molar-refractivity contribution in [3.05, 3.63) is 35.4 Å². The lowest BCUT2D eigenvalue weighted by Gasteiger charge is -2.35. The molecule has 0 aliphatic heterocycles. The molecule has 27 heavy (non-hydrogen) atoms. The Morgan fingerprint density at radius 3 is 2.19 bits per heavy atom. The second-order valence-corrected chi connectivity index (χ2v) is 14.9. The van der Waals surface area contributed by atoms with E-state index in [9.17, 15) is 8.78 Å². The maximum atomic E-state index is 14.8. The van der Waals surface area contributed by atoms with Gasteiger partial charge in [0.2, 0.25) is 0 Å². The van der Waals surface area contributed by atoms with Gasteiger partial charge in [-0.25, -0.2) is 8.78 Å². The molecule has 1 atom stereocenters. The summed E-state index contributed by atoms with van der Waals surface area (Å²) in [5.41, 5.74) is 1.52. The zero-order chi connectivity index (χ0) is 19.6. The van der Waals surface area contributed by atoms with Gasteiger partial charge in [0.1, 0.15) is 0 Å². The second kappa shape index (κ2) is 8.59. The molecule has 0 aromatic heterocycles. The van der Waals surface area contributed by atoms with Crippen molar-refractivity contribution in [2.75, 3.05) is 0 Å². The van der Waals surface area contributed by atoms with Gasteiger partial charge in [-0.15, -0.1) is 0 Å². The second-order valence-electron chi connectivity index (χ2n) is 9.87. The molecule has 2 aliphatic rings. The van der Waals surface area contributed by atoms with Crippen LogP contribution in [0.2, 0.25) is 19.6 Å². The minimum Gasteiger partial charge on any atom is -0.204 e. The summed E-state index contributed by atoms with van der Waals surface area (Å²) < 4.78 is 29.4. The van der Waals surface area contributed by atoms with Crippen molar-refractivity contribution in [2.24, 2.45) is 17.8 Å². The molecule has 1 saturated carbocycles. The highest BCUT2D eigenvalue weighted by molar-refractivity contribution is 6.88.